The maximum atomic E-state index is 5.35. The molecular weight excluding hydrogens is 482 g/mol. The molecule has 224 valence electrons. The smallest absolute Gasteiger partial charge is 0.229 e. The third kappa shape index (κ3) is 7.13. The summed E-state index contributed by atoms with van der Waals surface area (Å²) in [5.74, 6) is 2.70. The third-order valence-corrected chi connectivity index (χ3v) is 10.1. The SMILES string of the molecule is CCCCC(c1nc(C)nc(N(CCCC)C2CC(C)(C)N(C)C(C)(C)C2)n1)N1CC(C)(C)N(C)C(C)(C)C1. The Hall–Kier alpha value is -1.31. The Balaban J connectivity index is 2.04. The minimum atomic E-state index is 0.0789. The summed E-state index contributed by atoms with van der Waals surface area (Å²) >= 11 is 0. The molecule has 0 aromatic carbocycles. The molecule has 0 saturated carbocycles. The van der Waals surface area contributed by atoms with Crippen molar-refractivity contribution in [3.63, 3.8) is 0 Å². The fourth-order valence-electron chi connectivity index (χ4n) is 7.25. The number of anilines is 1. The number of nitrogens with zero attached hydrogens (tertiary/aromatic N) is 7. The number of rotatable bonds is 10. The quantitative estimate of drug-likeness (QED) is 0.335. The van der Waals surface area contributed by atoms with Crippen LogP contribution >= 0.6 is 0 Å². The first-order chi connectivity index (χ1) is 17.9. The first-order valence-electron chi connectivity index (χ1n) is 15.7. The normalized spacial score (nSPS) is 24.5. The van der Waals surface area contributed by atoms with Gasteiger partial charge in [-0.05, 0) is 102 Å². The fourth-order valence-corrected chi connectivity index (χ4v) is 7.25. The number of unbranched alkanes of at least 4 members (excludes halogenated alkanes) is 2. The topological polar surface area (TPSA) is 51.6 Å². The van der Waals surface area contributed by atoms with E-state index in [-0.39, 0.29) is 28.2 Å². The van der Waals surface area contributed by atoms with Crippen LogP contribution < -0.4 is 4.90 Å². The zero-order valence-electron chi connectivity index (χ0n) is 27.9. The summed E-state index contributed by atoms with van der Waals surface area (Å²) in [7, 11) is 4.56. The Kier molecular flexibility index (Phi) is 9.82. The molecule has 1 aromatic rings. The van der Waals surface area contributed by atoms with Gasteiger partial charge in [-0.1, -0.05) is 33.1 Å². The molecule has 3 heterocycles. The van der Waals surface area contributed by atoms with Crippen LogP contribution in [-0.4, -0.2) is 91.6 Å². The third-order valence-electron chi connectivity index (χ3n) is 10.1. The fraction of sp³-hybridized carbons (Fsp3) is 0.906. The van der Waals surface area contributed by atoms with E-state index in [4.69, 9.17) is 15.0 Å². The van der Waals surface area contributed by atoms with Crippen molar-refractivity contribution < 1.29 is 0 Å². The Morgan fingerprint density at radius 2 is 1.28 bits per heavy atom. The lowest BCUT2D eigenvalue weighted by Gasteiger charge is -2.56. The van der Waals surface area contributed by atoms with Crippen molar-refractivity contribution in [1.82, 2.24) is 29.7 Å². The standard InChI is InChI=1S/C32H61N7/c1-14-16-18-26(38-22-31(8,9)37(13)32(10,11)23-38)27-33-24(3)34-28(35-27)39(19-17-15-2)25-20-29(4,5)36(12)30(6,7)21-25/h25-26H,14-23H2,1-13H3. The number of aromatic nitrogens is 3. The van der Waals surface area contributed by atoms with Gasteiger partial charge in [0.05, 0.1) is 6.04 Å². The second-order valence-electron chi connectivity index (χ2n) is 15.1. The van der Waals surface area contributed by atoms with Gasteiger partial charge in [0.2, 0.25) is 5.95 Å². The van der Waals surface area contributed by atoms with Crippen molar-refractivity contribution >= 4 is 5.95 Å². The number of hydrogen-bond donors (Lipinski definition) is 0. The highest BCUT2D eigenvalue weighted by Crippen LogP contribution is 2.41. The molecule has 0 N–H and O–H groups in total. The first kappa shape index (κ1) is 32.2. The van der Waals surface area contributed by atoms with Gasteiger partial charge in [0, 0.05) is 47.8 Å². The Morgan fingerprint density at radius 3 is 1.79 bits per heavy atom. The van der Waals surface area contributed by atoms with Crippen molar-refractivity contribution in [3.05, 3.63) is 11.6 Å². The van der Waals surface area contributed by atoms with Crippen LogP contribution in [0.4, 0.5) is 5.95 Å². The highest BCUT2D eigenvalue weighted by molar-refractivity contribution is 5.34. The van der Waals surface area contributed by atoms with Crippen LogP contribution in [-0.2, 0) is 0 Å². The van der Waals surface area contributed by atoms with Gasteiger partial charge in [-0.25, -0.2) is 4.98 Å². The molecule has 2 aliphatic heterocycles. The van der Waals surface area contributed by atoms with Crippen LogP contribution in [0.1, 0.15) is 132 Å². The van der Waals surface area contributed by atoms with E-state index in [1.54, 1.807) is 0 Å². The van der Waals surface area contributed by atoms with E-state index in [9.17, 15) is 0 Å². The highest BCUT2D eigenvalue weighted by atomic mass is 15.4. The second kappa shape index (κ2) is 11.9. The molecule has 39 heavy (non-hydrogen) atoms. The van der Waals surface area contributed by atoms with Crippen LogP contribution in [0.3, 0.4) is 0 Å². The van der Waals surface area contributed by atoms with E-state index < -0.39 is 0 Å². The van der Waals surface area contributed by atoms with Crippen molar-refractivity contribution in [2.24, 2.45) is 0 Å². The van der Waals surface area contributed by atoms with Crippen molar-refractivity contribution in [2.75, 3.05) is 38.6 Å². The van der Waals surface area contributed by atoms with E-state index in [1.165, 1.54) is 12.8 Å². The molecule has 0 amide bonds. The van der Waals surface area contributed by atoms with Gasteiger partial charge in [-0.3, -0.25) is 14.7 Å². The summed E-state index contributed by atoms with van der Waals surface area (Å²) in [5.41, 5.74) is 0.385. The number of likely N-dealkylation sites (tertiary alicyclic amines) is 1. The lowest BCUT2D eigenvalue weighted by atomic mass is 9.77. The van der Waals surface area contributed by atoms with Crippen LogP contribution in [0.15, 0.2) is 0 Å². The maximum absolute atomic E-state index is 5.35. The van der Waals surface area contributed by atoms with E-state index in [0.717, 1.165) is 69.3 Å². The Labute approximate surface area is 241 Å². The lowest BCUT2D eigenvalue weighted by Crippen LogP contribution is -2.67. The zero-order chi connectivity index (χ0) is 29.4. The molecule has 0 radical (unpaired) electrons. The first-order valence-corrected chi connectivity index (χ1v) is 15.7. The van der Waals surface area contributed by atoms with Gasteiger partial charge in [0.1, 0.15) is 5.82 Å². The predicted molar refractivity (Wildman–Crippen MR) is 166 cm³/mol. The van der Waals surface area contributed by atoms with Crippen LogP contribution in [0, 0.1) is 6.92 Å². The number of aryl methyl sites for hydroxylation is 1. The predicted octanol–water partition coefficient (Wildman–Crippen LogP) is 6.47. The van der Waals surface area contributed by atoms with Gasteiger partial charge in [0.25, 0.3) is 0 Å². The van der Waals surface area contributed by atoms with E-state index in [2.05, 4.69) is 110 Å². The molecule has 2 aliphatic rings. The largest absolute Gasteiger partial charge is 0.338 e. The molecule has 0 aliphatic carbocycles. The summed E-state index contributed by atoms with van der Waals surface area (Å²) in [6.07, 6.45) is 7.96. The van der Waals surface area contributed by atoms with Crippen molar-refractivity contribution in [1.29, 1.82) is 0 Å². The van der Waals surface area contributed by atoms with Crippen molar-refractivity contribution in [2.45, 2.75) is 155 Å². The van der Waals surface area contributed by atoms with Crippen LogP contribution in [0.25, 0.3) is 0 Å². The summed E-state index contributed by atoms with van der Waals surface area (Å²) in [6.45, 7) is 28.7. The molecule has 1 unspecified atom stereocenters. The molecule has 2 saturated heterocycles. The molecule has 3 rings (SSSR count). The summed E-state index contributed by atoms with van der Waals surface area (Å²) < 4.78 is 0. The second-order valence-corrected chi connectivity index (χ2v) is 15.1. The summed E-state index contributed by atoms with van der Waals surface area (Å²) in [6, 6.07) is 0.610. The van der Waals surface area contributed by atoms with Crippen LogP contribution in [0.5, 0.6) is 0 Å². The number of piperazine rings is 1. The average molecular weight is 544 g/mol. The molecule has 0 spiro atoms. The van der Waals surface area contributed by atoms with E-state index >= 15 is 0 Å². The highest BCUT2D eigenvalue weighted by Gasteiger charge is 2.46. The molecule has 7 nitrogen and oxygen atoms in total. The molecule has 0 bridgehead atoms. The van der Waals surface area contributed by atoms with Gasteiger partial charge in [-0.15, -0.1) is 0 Å². The van der Waals surface area contributed by atoms with E-state index in [0.29, 0.717) is 6.04 Å². The Morgan fingerprint density at radius 1 is 0.769 bits per heavy atom. The summed E-state index contributed by atoms with van der Waals surface area (Å²) in [5, 5.41) is 0. The number of hydrogen-bond acceptors (Lipinski definition) is 7. The van der Waals surface area contributed by atoms with E-state index in [1.807, 2.05) is 0 Å². The van der Waals surface area contributed by atoms with Crippen LogP contribution in [0.2, 0.25) is 0 Å². The number of likely N-dealkylation sites (N-methyl/N-ethyl adjacent to an activating group) is 1. The summed E-state index contributed by atoms with van der Waals surface area (Å²) in [4.78, 5) is 25.7. The van der Waals surface area contributed by atoms with Gasteiger partial charge >= 0.3 is 0 Å². The van der Waals surface area contributed by atoms with Crippen molar-refractivity contribution in [3.8, 4) is 0 Å². The Bertz CT molecular complexity index is 846. The minimum Gasteiger partial charge on any atom is -0.338 e. The van der Waals surface area contributed by atoms with Gasteiger partial charge < -0.3 is 4.90 Å². The molecule has 2 fully saturated rings. The van der Waals surface area contributed by atoms with Gasteiger partial charge in [-0.2, -0.15) is 9.97 Å². The lowest BCUT2D eigenvalue weighted by molar-refractivity contribution is -0.0684. The molecule has 1 aromatic heterocycles. The zero-order valence-corrected chi connectivity index (χ0v) is 27.9. The number of piperidine rings is 1. The molecule has 7 heteroatoms. The molecular formula is C32H61N7. The molecule has 1 atom stereocenters. The van der Waals surface area contributed by atoms with Gasteiger partial charge in [0.15, 0.2) is 5.82 Å². The average Bonchev–Trinajstić information content (AvgIpc) is 2.80. The monoisotopic (exact) mass is 543 g/mol. The maximum Gasteiger partial charge on any atom is 0.229 e. The minimum absolute atomic E-state index is 0.0789.